The molecular weight excluding hydrogens is 262 g/mol. The summed E-state index contributed by atoms with van der Waals surface area (Å²) in [4.78, 5) is 4.75. The summed E-state index contributed by atoms with van der Waals surface area (Å²) in [5, 5.41) is 10.0. The molecule has 0 unspecified atom stereocenters. The van der Waals surface area contributed by atoms with Crippen molar-refractivity contribution in [3.8, 4) is 0 Å². The number of aryl methyl sites for hydroxylation is 1. The summed E-state index contributed by atoms with van der Waals surface area (Å²) in [5.74, 6) is 1.55. The summed E-state index contributed by atoms with van der Waals surface area (Å²) >= 11 is 0. The number of nitrogens with zero attached hydrogens (tertiary/aromatic N) is 5. The lowest BCUT2D eigenvalue weighted by molar-refractivity contribution is -0.469. The highest BCUT2D eigenvalue weighted by molar-refractivity contribution is 6.06. The molecule has 5 heteroatoms. The van der Waals surface area contributed by atoms with Crippen LogP contribution in [0.3, 0.4) is 0 Å². The zero-order valence-corrected chi connectivity index (χ0v) is 11.9. The summed E-state index contributed by atoms with van der Waals surface area (Å²) in [6, 6.07) is 16.1. The van der Waals surface area contributed by atoms with Gasteiger partial charge in [-0.05, 0) is 18.2 Å². The molecule has 4 rings (SSSR count). The molecule has 0 bridgehead atoms. The predicted octanol–water partition coefficient (Wildman–Crippen LogP) is 3.39. The molecule has 0 N–H and O–H groups in total. The smallest absolute Gasteiger partial charge is 0.242 e. The molecule has 1 aromatic heterocycles. The van der Waals surface area contributed by atoms with E-state index in [1.54, 1.807) is 4.68 Å². The van der Waals surface area contributed by atoms with Crippen molar-refractivity contribution in [2.45, 2.75) is 0 Å². The monoisotopic (exact) mass is 276 g/mol. The maximum atomic E-state index is 4.75. The van der Waals surface area contributed by atoms with Crippen LogP contribution in [0.4, 0.5) is 11.5 Å². The summed E-state index contributed by atoms with van der Waals surface area (Å²) < 4.78 is 3.65. The van der Waals surface area contributed by atoms with E-state index in [0.717, 1.165) is 33.8 Å². The molecule has 0 saturated carbocycles. The average molecular weight is 276 g/mol. The predicted molar refractivity (Wildman–Crippen MR) is 81.6 cm³/mol. The van der Waals surface area contributed by atoms with Crippen molar-refractivity contribution in [1.29, 1.82) is 0 Å². The van der Waals surface area contributed by atoms with E-state index < -0.39 is 0 Å². The van der Waals surface area contributed by atoms with E-state index in [0.29, 0.717) is 0 Å². The quantitative estimate of drug-likeness (QED) is 0.628. The van der Waals surface area contributed by atoms with Crippen LogP contribution in [0.15, 0.2) is 58.6 Å². The minimum absolute atomic E-state index is 0.724. The first-order valence-electron chi connectivity index (χ1n) is 6.79. The molecule has 102 valence electrons. The number of hydrogen-bond donors (Lipinski definition) is 0. The number of hydrogen-bond acceptors (Lipinski definition) is 2. The van der Waals surface area contributed by atoms with E-state index in [4.69, 9.17) is 4.99 Å². The summed E-state index contributed by atoms with van der Waals surface area (Å²) in [7, 11) is 3.84. The fraction of sp³-hybridized carbons (Fsp3) is 0.125. The molecule has 0 fully saturated rings. The second kappa shape index (κ2) is 4.34. The standard InChI is InChI=1S/C16H14N5/c1-20-14-10-6-4-8-12(14)15(19-20)17-16-11-7-3-5-9-13(11)18-21(16)2/h3-10H,1-2H3/q+1. The molecular formula is C16H14N5+. The molecule has 2 aromatic carbocycles. The normalized spacial score (nSPS) is 15.5. The van der Waals surface area contributed by atoms with Gasteiger partial charge >= 0.3 is 0 Å². The first kappa shape index (κ1) is 12.0. The first-order chi connectivity index (χ1) is 10.2. The highest BCUT2D eigenvalue weighted by Crippen LogP contribution is 2.30. The van der Waals surface area contributed by atoms with Crippen LogP contribution in [0.2, 0.25) is 0 Å². The van der Waals surface area contributed by atoms with Crippen LogP contribution in [-0.2, 0) is 7.05 Å². The highest BCUT2D eigenvalue weighted by Gasteiger charge is 2.26. The van der Waals surface area contributed by atoms with Gasteiger partial charge in [0.1, 0.15) is 0 Å². The van der Waals surface area contributed by atoms with Gasteiger partial charge in [0.05, 0.1) is 11.1 Å². The van der Waals surface area contributed by atoms with Crippen LogP contribution < -0.4 is 0 Å². The largest absolute Gasteiger partial charge is 0.250 e. The van der Waals surface area contributed by atoms with Crippen molar-refractivity contribution in [2.24, 2.45) is 17.2 Å². The highest BCUT2D eigenvalue weighted by atomic mass is 15.3. The fourth-order valence-corrected chi connectivity index (χ4v) is 2.64. The Morgan fingerprint density at radius 2 is 1.81 bits per heavy atom. The fourth-order valence-electron chi connectivity index (χ4n) is 2.64. The van der Waals surface area contributed by atoms with Crippen LogP contribution >= 0.6 is 0 Å². The van der Waals surface area contributed by atoms with Gasteiger partial charge in [0.25, 0.3) is 0 Å². The molecule has 1 aliphatic heterocycles. The van der Waals surface area contributed by atoms with E-state index in [-0.39, 0.29) is 0 Å². The second-order valence-corrected chi connectivity index (χ2v) is 5.04. The SMILES string of the molecule is Cn1nc2ccccc2c1/N=C1\N=[N+](C)c2ccccc21. The van der Waals surface area contributed by atoms with Gasteiger partial charge in [-0.15, -0.1) is 0 Å². The van der Waals surface area contributed by atoms with Gasteiger partial charge in [0, 0.05) is 23.6 Å². The molecule has 0 amide bonds. The van der Waals surface area contributed by atoms with Crippen molar-refractivity contribution in [2.75, 3.05) is 7.05 Å². The number of rotatable bonds is 1. The molecule has 0 atom stereocenters. The van der Waals surface area contributed by atoms with Gasteiger partial charge in [-0.2, -0.15) is 5.10 Å². The van der Waals surface area contributed by atoms with Crippen LogP contribution in [0, 0.1) is 0 Å². The van der Waals surface area contributed by atoms with Gasteiger partial charge in [-0.1, -0.05) is 29.0 Å². The Balaban J connectivity index is 1.94. The van der Waals surface area contributed by atoms with Crippen LogP contribution in [0.25, 0.3) is 10.9 Å². The minimum Gasteiger partial charge on any atom is -0.250 e. The van der Waals surface area contributed by atoms with Crippen molar-refractivity contribution in [3.63, 3.8) is 0 Å². The maximum Gasteiger partial charge on any atom is 0.242 e. The summed E-state index contributed by atoms with van der Waals surface area (Å²) in [6.07, 6.45) is 0. The Morgan fingerprint density at radius 1 is 1.05 bits per heavy atom. The van der Waals surface area contributed by atoms with Crippen molar-refractivity contribution in [3.05, 3.63) is 54.1 Å². The average Bonchev–Trinajstić information content (AvgIpc) is 2.99. The summed E-state index contributed by atoms with van der Waals surface area (Å²) in [6.45, 7) is 0. The number of para-hydroxylation sites is 1. The van der Waals surface area contributed by atoms with E-state index in [1.807, 2.05) is 67.3 Å². The number of aromatic nitrogens is 2. The van der Waals surface area contributed by atoms with Gasteiger partial charge in [-0.3, -0.25) is 0 Å². The zero-order valence-electron chi connectivity index (χ0n) is 11.9. The van der Waals surface area contributed by atoms with Gasteiger partial charge in [-0.25, -0.2) is 9.67 Å². The summed E-state index contributed by atoms with van der Waals surface area (Å²) in [5.41, 5.74) is 3.06. The molecule has 0 aliphatic carbocycles. The topological polar surface area (TPSA) is 45.5 Å². The van der Waals surface area contributed by atoms with Crippen LogP contribution in [0.5, 0.6) is 0 Å². The third-order valence-corrected chi connectivity index (χ3v) is 3.66. The third-order valence-electron chi connectivity index (χ3n) is 3.66. The van der Waals surface area contributed by atoms with Crippen LogP contribution in [0.1, 0.15) is 5.56 Å². The van der Waals surface area contributed by atoms with Crippen molar-refractivity contribution in [1.82, 2.24) is 9.78 Å². The van der Waals surface area contributed by atoms with E-state index in [9.17, 15) is 0 Å². The van der Waals surface area contributed by atoms with Gasteiger partial charge < -0.3 is 0 Å². The third kappa shape index (κ3) is 1.78. The molecule has 5 nitrogen and oxygen atoms in total. The Morgan fingerprint density at radius 3 is 2.71 bits per heavy atom. The maximum absolute atomic E-state index is 4.75. The molecule has 2 heterocycles. The second-order valence-electron chi connectivity index (χ2n) is 5.04. The van der Waals surface area contributed by atoms with E-state index >= 15 is 0 Å². The molecule has 21 heavy (non-hydrogen) atoms. The molecule has 0 radical (unpaired) electrons. The van der Waals surface area contributed by atoms with Crippen molar-refractivity contribution >= 4 is 28.2 Å². The Bertz CT molecular complexity index is 917. The van der Waals surface area contributed by atoms with E-state index in [1.165, 1.54) is 0 Å². The first-order valence-corrected chi connectivity index (χ1v) is 6.79. The molecule has 0 spiro atoms. The Labute approximate surface area is 121 Å². The zero-order chi connectivity index (χ0) is 14.4. The number of aliphatic imine (C=N–C) groups is 1. The minimum atomic E-state index is 0.724. The molecule has 1 aliphatic rings. The molecule has 3 aromatic rings. The van der Waals surface area contributed by atoms with Gasteiger partial charge in [0.15, 0.2) is 12.9 Å². The van der Waals surface area contributed by atoms with Crippen LogP contribution in [-0.4, -0.2) is 27.4 Å². The molecule has 0 saturated heterocycles. The lowest BCUT2D eigenvalue weighted by Gasteiger charge is -1.96. The number of azo groups is 2. The lowest BCUT2D eigenvalue weighted by Crippen LogP contribution is -1.94. The van der Waals surface area contributed by atoms with E-state index in [2.05, 4.69) is 10.2 Å². The van der Waals surface area contributed by atoms with Crippen molar-refractivity contribution < 1.29 is 4.70 Å². The number of fused-ring (bicyclic) bond motifs is 2. The Hall–Kier alpha value is -2.82. The lowest BCUT2D eigenvalue weighted by atomic mass is 10.2. The number of amidine groups is 1. The number of benzene rings is 2. The Kier molecular flexibility index (Phi) is 2.47. The van der Waals surface area contributed by atoms with Gasteiger partial charge in [0.2, 0.25) is 11.5 Å².